The van der Waals surface area contributed by atoms with Crippen LogP contribution < -0.4 is 5.32 Å². The van der Waals surface area contributed by atoms with Crippen LogP contribution >= 0.6 is 11.5 Å². The number of nitrogens with one attached hydrogen (secondary N) is 1. The highest BCUT2D eigenvalue weighted by Gasteiger charge is 2.35. The Labute approximate surface area is 218 Å². The van der Waals surface area contributed by atoms with E-state index in [2.05, 4.69) is 26.7 Å². The van der Waals surface area contributed by atoms with E-state index in [9.17, 15) is 14.9 Å². The number of hydrogen-bond donors (Lipinski definition) is 1. The molecule has 1 aliphatic rings. The lowest BCUT2D eigenvalue weighted by Crippen LogP contribution is -2.26. The average molecular weight is 522 g/mol. The van der Waals surface area contributed by atoms with Crippen molar-refractivity contribution < 1.29 is 19.2 Å². The van der Waals surface area contributed by atoms with Gasteiger partial charge in [0, 0.05) is 29.9 Å². The lowest BCUT2D eigenvalue weighted by atomic mass is 9.85. The maximum atomic E-state index is 12.1. The Bertz CT molecular complexity index is 1370. The fraction of sp³-hybridized carbons (Fsp3) is 0.269. The summed E-state index contributed by atoms with van der Waals surface area (Å²) in [5.74, 6) is 0.298. The molecule has 1 unspecified atom stereocenters. The molecule has 0 amide bonds. The minimum absolute atomic E-state index is 0.0661. The molecule has 0 saturated heterocycles. The zero-order valence-corrected chi connectivity index (χ0v) is 21.7. The summed E-state index contributed by atoms with van der Waals surface area (Å²) in [5.41, 5.74) is 3.80. The van der Waals surface area contributed by atoms with Crippen LogP contribution in [0, 0.1) is 10.1 Å². The number of nitro benzene ring substituents is 1. The molecule has 1 atom stereocenters. The second-order valence-electron chi connectivity index (χ2n) is 8.67. The van der Waals surface area contributed by atoms with Gasteiger partial charge in [0.25, 0.3) is 5.69 Å². The Balaban J connectivity index is 1.69. The van der Waals surface area contributed by atoms with Gasteiger partial charge in [-0.1, -0.05) is 42.5 Å². The van der Waals surface area contributed by atoms with Crippen molar-refractivity contribution in [1.29, 1.82) is 0 Å². The van der Waals surface area contributed by atoms with Crippen molar-refractivity contribution in [3.8, 4) is 0 Å². The number of nitrogens with zero attached hydrogens (tertiary/aromatic N) is 4. The Hall–Kier alpha value is -4.09. The van der Waals surface area contributed by atoms with Gasteiger partial charge in [-0.05, 0) is 43.6 Å². The number of dihydropyridines is 1. The van der Waals surface area contributed by atoms with Gasteiger partial charge in [0.15, 0.2) is 5.82 Å². The van der Waals surface area contributed by atoms with Crippen LogP contribution in [-0.2, 0) is 22.6 Å². The predicted molar refractivity (Wildman–Crippen MR) is 139 cm³/mol. The zero-order chi connectivity index (χ0) is 26.5. The molecule has 0 fully saturated rings. The van der Waals surface area contributed by atoms with Gasteiger partial charge in [-0.2, -0.15) is 4.37 Å². The van der Waals surface area contributed by atoms with Gasteiger partial charge in [0.2, 0.25) is 0 Å². The van der Waals surface area contributed by atoms with Gasteiger partial charge in [-0.15, -0.1) is 0 Å². The van der Waals surface area contributed by atoms with Crippen molar-refractivity contribution in [2.45, 2.75) is 32.9 Å². The minimum atomic E-state index is -0.883. The average Bonchev–Trinajstić information content (AvgIpc) is 3.33. The van der Waals surface area contributed by atoms with Crippen LogP contribution in [0.25, 0.3) is 5.57 Å². The van der Waals surface area contributed by atoms with Gasteiger partial charge >= 0.3 is 6.16 Å². The van der Waals surface area contributed by atoms with E-state index >= 15 is 0 Å². The normalized spacial score (nSPS) is 15.5. The van der Waals surface area contributed by atoms with E-state index in [0.29, 0.717) is 28.6 Å². The van der Waals surface area contributed by atoms with Crippen molar-refractivity contribution >= 4 is 28.9 Å². The van der Waals surface area contributed by atoms with Gasteiger partial charge in [-0.3, -0.25) is 15.0 Å². The summed E-state index contributed by atoms with van der Waals surface area (Å²) in [6.07, 6.45) is -0.883. The molecule has 0 saturated carbocycles. The van der Waals surface area contributed by atoms with E-state index in [1.165, 1.54) is 36.3 Å². The third-order valence-electron chi connectivity index (χ3n) is 5.88. The van der Waals surface area contributed by atoms with E-state index < -0.39 is 17.0 Å². The number of hydrogen-bond acceptors (Lipinski definition) is 10. The van der Waals surface area contributed by atoms with Crippen LogP contribution in [0.3, 0.4) is 0 Å². The van der Waals surface area contributed by atoms with Crippen molar-refractivity contribution in [1.82, 2.24) is 19.6 Å². The maximum Gasteiger partial charge on any atom is 0.513 e. The van der Waals surface area contributed by atoms with Crippen molar-refractivity contribution in [2.75, 3.05) is 14.2 Å². The Morgan fingerprint density at radius 3 is 2.59 bits per heavy atom. The third-order valence-corrected chi connectivity index (χ3v) is 6.67. The molecular weight excluding hydrogens is 494 g/mol. The molecule has 4 rings (SSSR count). The molecule has 2 aromatic carbocycles. The Kier molecular flexibility index (Phi) is 7.95. The van der Waals surface area contributed by atoms with Gasteiger partial charge in [-0.25, -0.2) is 9.78 Å². The van der Waals surface area contributed by atoms with Gasteiger partial charge < -0.3 is 14.8 Å². The highest BCUT2D eigenvalue weighted by Crippen LogP contribution is 2.44. The molecule has 10 nitrogen and oxygen atoms in total. The first-order valence-corrected chi connectivity index (χ1v) is 12.3. The van der Waals surface area contributed by atoms with Crippen LogP contribution in [0.5, 0.6) is 0 Å². The Morgan fingerprint density at radius 2 is 1.89 bits per heavy atom. The molecule has 37 heavy (non-hydrogen) atoms. The van der Waals surface area contributed by atoms with Crippen molar-refractivity contribution in [2.24, 2.45) is 0 Å². The standard InChI is InChI=1S/C26H27N5O5S/c1-16-22(25-28-21(29-37-25)15-30(3)14-18-9-6-5-7-10-18)23(19-11-8-12-20(13-19)31(33)34)24(17(2)27-16)36-26(32)35-4/h5-13,23,27H,14-15H2,1-4H3. The molecule has 0 spiro atoms. The molecule has 11 heteroatoms. The fourth-order valence-electron chi connectivity index (χ4n) is 4.28. The summed E-state index contributed by atoms with van der Waals surface area (Å²) >= 11 is 1.23. The minimum Gasteiger partial charge on any atom is -0.437 e. The first-order chi connectivity index (χ1) is 17.8. The molecule has 1 aromatic heterocycles. The summed E-state index contributed by atoms with van der Waals surface area (Å²) in [6.45, 7) is 4.94. The fourth-order valence-corrected chi connectivity index (χ4v) is 5.09. The molecule has 3 aromatic rings. The lowest BCUT2D eigenvalue weighted by Gasteiger charge is -2.30. The van der Waals surface area contributed by atoms with Crippen LogP contribution in [-0.4, -0.2) is 39.5 Å². The SMILES string of the molecule is COC(=O)OC1=C(C)NC(C)=C(c2nc(CN(C)Cc3ccccc3)ns2)C1c1cccc([N+](=O)[O-])c1. The van der Waals surface area contributed by atoms with Crippen LogP contribution in [0.4, 0.5) is 10.5 Å². The van der Waals surface area contributed by atoms with Gasteiger partial charge in [0.1, 0.15) is 10.8 Å². The Morgan fingerprint density at radius 1 is 1.14 bits per heavy atom. The number of aromatic nitrogens is 2. The van der Waals surface area contributed by atoms with E-state index in [-0.39, 0.29) is 11.4 Å². The van der Waals surface area contributed by atoms with E-state index in [1.807, 2.05) is 32.2 Å². The van der Waals surface area contributed by atoms with E-state index in [1.54, 1.807) is 19.1 Å². The highest BCUT2D eigenvalue weighted by molar-refractivity contribution is 7.06. The summed E-state index contributed by atoms with van der Waals surface area (Å²) in [6, 6.07) is 16.4. The maximum absolute atomic E-state index is 12.1. The summed E-state index contributed by atoms with van der Waals surface area (Å²) in [5, 5.41) is 15.4. The molecule has 1 N–H and O–H groups in total. The predicted octanol–water partition coefficient (Wildman–Crippen LogP) is 5.21. The third kappa shape index (κ3) is 6.01. The molecule has 2 heterocycles. The van der Waals surface area contributed by atoms with Crippen molar-refractivity contribution in [3.05, 3.63) is 104 Å². The summed E-state index contributed by atoms with van der Waals surface area (Å²) < 4.78 is 14.9. The van der Waals surface area contributed by atoms with Gasteiger partial charge in [0.05, 0.1) is 30.2 Å². The number of carbonyl (C=O) groups excluding carboxylic acids is 1. The number of rotatable bonds is 8. The summed E-state index contributed by atoms with van der Waals surface area (Å²) in [4.78, 5) is 30.1. The number of allylic oxidation sites excluding steroid dienone is 3. The number of methoxy groups -OCH3 is 1. The molecule has 0 radical (unpaired) electrons. The smallest absolute Gasteiger partial charge is 0.437 e. The number of nitro groups is 1. The molecule has 192 valence electrons. The highest BCUT2D eigenvalue weighted by atomic mass is 32.1. The molecule has 1 aliphatic heterocycles. The van der Waals surface area contributed by atoms with Crippen LogP contribution in [0.2, 0.25) is 0 Å². The number of carbonyl (C=O) groups is 1. The van der Waals surface area contributed by atoms with Crippen LogP contribution in [0.15, 0.2) is 71.8 Å². The molecular formula is C26H27N5O5S. The van der Waals surface area contributed by atoms with E-state index in [0.717, 1.165) is 17.8 Å². The summed E-state index contributed by atoms with van der Waals surface area (Å²) in [7, 11) is 3.22. The zero-order valence-electron chi connectivity index (χ0n) is 20.9. The number of ether oxygens (including phenoxy) is 2. The van der Waals surface area contributed by atoms with E-state index in [4.69, 9.17) is 14.5 Å². The number of benzene rings is 2. The monoisotopic (exact) mass is 521 g/mol. The largest absolute Gasteiger partial charge is 0.513 e. The lowest BCUT2D eigenvalue weighted by molar-refractivity contribution is -0.384. The second kappa shape index (κ2) is 11.3. The topological polar surface area (TPSA) is 120 Å². The second-order valence-corrected chi connectivity index (χ2v) is 9.42. The number of non-ortho nitro benzene ring substituents is 1. The molecule has 0 bridgehead atoms. The quantitative estimate of drug-likeness (QED) is 0.242. The first-order valence-electron chi connectivity index (χ1n) is 11.5. The molecule has 0 aliphatic carbocycles. The first kappa shape index (κ1) is 26.0. The van der Waals surface area contributed by atoms with Crippen LogP contribution in [0.1, 0.15) is 41.7 Å². The van der Waals surface area contributed by atoms with Crippen molar-refractivity contribution in [3.63, 3.8) is 0 Å².